The molecular formula is C10H12N2O4S2. The fourth-order valence-corrected chi connectivity index (χ4v) is 3.37. The van der Waals surface area contributed by atoms with Gasteiger partial charge in [-0.05, 0) is 19.9 Å². The first-order valence-corrected chi connectivity index (χ1v) is 7.27. The second kappa shape index (κ2) is 5.06. The van der Waals surface area contributed by atoms with E-state index in [2.05, 4.69) is 4.72 Å². The maximum absolute atomic E-state index is 11.8. The number of carboxylic acids is 1. The molecule has 0 unspecified atom stereocenters. The molecule has 1 aromatic heterocycles. The van der Waals surface area contributed by atoms with Gasteiger partial charge in [0.2, 0.25) is 10.0 Å². The third-order valence-corrected chi connectivity index (χ3v) is 4.93. The molecule has 18 heavy (non-hydrogen) atoms. The number of hydrogen-bond donors (Lipinski definition) is 2. The first kappa shape index (κ1) is 14.6. The largest absolute Gasteiger partial charge is 0.478 e. The molecule has 0 saturated carbocycles. The molecule has 0 bridgehead atoms. The van der Waals surface area contributed by atoms with Crippen LogP contribution >= 0.6 is 11.3 Å². The second-order valence-electron chi connectivity index (χ2n) is 4.28. The van der Waals surface area contributed by atoms with Crippen LogP contribution in [0.2, 0.25) is 0 Å². The molecule has 0 aliphatic heterocycles. The molecule has 0 amide bonds. The van der Waals surface area contributed by atoms with Crippen LogP contribution in [-0.2, 0) is 10.0 Å². The Kier molecular flexibility index (Phi) is 4.11. The molecule has 1 heterocycles. The van der Waals surface area contributed by atoms with E-state index in [9.17, 15) is 13.2 Å². The Bertz CT molecular complexity index is 596. The van der Waals surface area contributed by atoms with Crippen LogP contribution in [0.5, 0.6) is 0 Å². The van der Waals surface area contributed by atoms with Crippen molar-refractivity contribution in [3.63, 3.8) is 0 Å². The van der Waals surface area contributed by atoms with Gasteiger partial charge in [0.05, 0.1) is 17.0 Å². The van der Waals surface area contributed by atoms with Crippen molar-refractivity contribution in [2.45, 2.75) is 18.1 Å². The summed E-state index contributed by atoms with van der Waals surface area (Å²) in [5, 5.41) is 18.7. The number of carbonyl (C=O) groups is 1. The summed E-state index contributed by atoms with van der Waals surface area (Å²) >= 11 is 0.829. The Labute approximate surface area is 109 Å². The van der Waals surface area contributed by atoms with Gasteiger partial charge in [-0.1, -0.05) is 0 Å². The van der Waals surface area contributed by atoms with Gasteiger partial charge >= 0.3 is 5.97 Å². The van der Waals surface area contributed by atoms with Crippen LogP contribution in [0, 0.1) is 16.7 Å². The maximum Gasteiger partial charge on any atom is 0.336 e. The van der Waals surface area contributed by atoms with Crippen molar-refractivity contribution >= 4 is 27.3 Å². The first-order chi connectivity index (χ1) is 8.18. The van der Waals surface area contributed by atoms with Crippen LogP contribution in [0.4, 0.5) is 0 Å². The van der Waals surface area contributed by atoms with Gasteiger partial charge in [0.25, 0.3) is 0 Å². The summed E-state index contributed by atoms with van der Waals surface area (Å²) in [6.45, 7) is 3.17. The highest BCUT2D eigenvalue weighted by atomic mass is 32.2. The van der Waals surface area contributed by atoms with Crippen LogP contribution in [0.3, 0.4) is 0 Å². The number of rotatable bonds is 5. The molecule has 98 valence electrons. The monoisotopic (exact) mass is 288 g/mol. The van der Waals surface area contributed by atoms with E-state index >= 15 is 0 Å². The highest BCUT2D eigenvalue weighted by Gasteiger charge is 2.23. The third kappa shape index (κ3) is 3.53. The lowest BCUT2D eigenvalue weighted by Crippen LogP contribution is -2.32. The molecule has 0 saturated heterocycles. The Morgan fingerprint density at radius 3 is 2.67 bits per heavy atom. The standard InChI is InChI=1S/C10H12N2O4S2/c1-10(2,5-11)6-12-18(15,16)8-3-7(4-17-8)9(13)14/h3-4,12H,6H2,1-2H3,(H,13,14). The molecule has 8 heteroatoms. The number of nitrogens with zero attached hydrogens (tertiary/aromatic N) is 1. The van der Waals surface area contributed by atoms with E-state index in [0.717, 1.165) is 17.4 Å². The molecule has 0 radical (unpaired) electrons. The van der Waals surface area contributed by atoms with Gasteiger partial charge in [-0.15, -0.1) is 11.3 Å². The molecule has 0 aliphatic carbocycles. The average molecular weight is 288 g/mol. The van der Waals surface area contributed by atoms with Crippen LogP contribution < -0.4 is 4.72 Å². The topological polar surface area (TPSA) is 107 Å². The number of carboxylic acid groups (broad SMARTS) is 1. The SMILES string of the molecule is CC(C)(C#N)CNS(=O)(=O)c1cc(C(=O)O)cs1. The molecule has 0 aliphatic rings. The van der Waals surface area contributed by atoms with Gasteiger partial charge in [-0.25, -0.2) is 17.9 Å². The van der Waals surface area contributed by atoms with E-state index in [1.54, 1.807) is 13.8 Å². The van der Waals surface area contributed by atoms with E-state index in [1.807, 2.05) is 6.07 Å². The number of nitriles is 1. The quantitative estimate of drug-likeness (QED) is 0.848. The maximum atomic E-state index is 11.8. The third-order valence-electron chi connectivity index (χ3n) is 2.09. The van der Waals surface area contributed by atoms with E-state index in [0.29, 0.717) is 0 Å². The van der Waals surface area contributed by atoms with Crippen molar-refractivity contribution in [2.24, 2.45) is 5.41 Å². The van der Waals surface area contributed by atoms with Gasteiger partial charge in [-0.2, -0.15) is 5.26 Å². The van der Waals surface area contributed by atoms with E-state index < -0.39 is 21.4 Å². The zero-order valence-corrected chi connectivity index (χ0v) is 11.4. The van der Waals surface area contributed by atoms with Gasteiger partial charge < -0.3 is 5.11 Å². The molecule has 0 aromatic carbocycles. The Hall–Kier alpha value is -1.43. The predicted molar refractivity (Wildman–Crippen MR) is 65.9 cm³/mol. The van der Waals surface area contributed by atoms with Crippen molar-refractivity contribution in [1.29, 1.82) is 5.26 Å². The molecule has 0 atom stereocenters. The predicted octanol–water partition coefficient (Wildman–Crippen LogP) is 1.27. The summed E-state index contributed by atoms with van der Waals surface area (Å²) in [4.78, 5) is 10.7. The van der Waals surface area contributed by atoms with Gasteiger partial charge in [0.15, 0.2) is 0 Å². The smallest absolute Gasteiger partial charge is 0.336 e. The lowest BCUT2D eigenvalue weighted by atomic mass is 9.97. The number of aromatic carboxylic acids is 1. The molecule has 1 aromatic rings. The number of sulfonamides is 1. The van der Waals surface area contributed by atoms with Crippen LogP contribution in [0.25, 0.3) is 0 Å². The Morgan fingerprint density at radius 2 is 2.22 bits per heavy atom. The Morgan fingerprint density at radius 1 is 1.61 bits per heavy atom. The zero-order valence-electron chi connectivity index (χ0n) is 9.80. The molecule has 1 rings (SSSR count). The Balaban J connectivity index is 2.87. The van der Waals surface area contributed by atoms with Gasteiger partial charge in [0, 0.05) is 11.9 Å². The summed E-state index contributed by atoms with van der Waals surface area (Å²) < 4.78 is 25.9. The minimum absolute atomic E-state index is 0.0356. The summed E-state index contributed by atoms with van der Waals surface area (Å²) in [5.41, 5.74) is -0.889. The highest BCUT2D eigenvalue weighted by Crippen LogP contribution is 2.21. The molecule has 6 nitrogen and oxygen atoms in total. The van der Waals surface area contributed by atoms with Gasteiger partial charge in [-0.3, -0.25) is 0 Å². The first-order valence-electron chi connectivity index (χ1n) is 4.91. The summed E-state index contributed by atoms with van der Waals surface area (Å²) in [7, 11) is -3.76. The van der Waals surface area contributed by atoms with Gasteiger partial charge in [0.1, 0.15) is 4.21 Å². The second-order valence-corrected chi connectivity index (χ2v) is 7.18. The summed E-state index contributed by atoms with van der Waals surface area (Å²) in [5.74, 6) is -1.18. The number of thiophene rings is 1. The van der Waals surface area contributed by atoms with Crippen LogP contribution in [0.1, 0.15) is 24.2 Å². The summed E-state index contributed by atoms with van der Waals surface area (Å²) in [6.07, 6.45) is 0. The van der Waals surface area contributed by atoms with Crippen molar-refractivity contribution in [1.82, 2.24) is 4.72 Å². The molecule has 0 spiro atoms. The van der Waals surface area contributed by atoms with Crippen molar-refractivity contribution in [3.05, 3.63) is 17.0 Å². The molecular weight excluding hydrogens is 276 g/mol. The normalized spacial score (nSPS) is 12.1. The molecule has 0 fully saturated rings. The van der Waals surface area contributed by atoms with Crippen molar-refractivity contribution in [2.75, 3.05) is 6.54 Å². The fourth-order valence-electron chi connectivity index (χ4n) is 0.956. The van der Waals surface area contributed by atoms with Crippen LogP contribution in [-0.4, -0.2) is 26.0 Å². The van der Waals surface area contributed by atoms with E-state index in [1.165, 1.54) is 5.38 Å². The minimum Gasteiger partial charge on any atom is -0.478 e. The zero-order chi connectivity index (χ0) is 14.0. The highest BCUT2D eigenvalue weighted by molar-refractivity contribution is 7.91. The lowest BCUT2D eigenvalue weighted by molar-refractivity contribution is 0.0697. The van der Waals surface area contributed by atoms with Crippen molar-refractivity contribution in [3.8, 4) is 6.07 Å². The van der Waals surface area contributed by atoms with E-state index in [4.69, 9.17) is 10.4 Å². The number of nitrogens with one attached hydrogen (secondary N) is 1. The fraction of sp³-hybridized carbons (Fsp3) is 0.400. The lowest BCUT2D eigenvalue weighted by Gasteiger charge is -2.15. The summed E-state index contributed by atoms with van der Waals surface area (Å²) in [6, 6.07) is 3.06. The van der Waals surface area contributed by atoms with E-state index in [-0.39, 0.29) is 16.3 Å². The molecule has 2 N–H and O–H groups in total. The van der Waals surface area contributed by atoms with Crippen molar-refractivity contribution < 1.29 is 18.3 Å². The van der Waals surface area contributed by atoms with Crippen LogP contribution in [0.15, 0.2) is 15.7 Å². The number of hydrogen-bond acceptors (Lipinski definition) is 5. The minimum atomic E-state index is -3.76. The average Bonchev–Trinajstić information content (AvgIpc) is 2.77.